The molecule has 1 aliphatic heterocycles. The van der Waals surface area contributed by atoms with Gasteiger partial charge in [0, 0.05) is 27.0 Å². The van der Waals surface area contributed by atoms with Crippen molar-refractivity contribution in [1.29, 1.82) is 0 Å². The number of Topliss-reactive ketones (excluding diaryl/α,β-unsaturated/α-hetero) is 1. The summed E-state index contributed by atoms with van der Waals surface area (Å²) in [5.41, 5.74) is -0.777. The second-order valence-corrected chi connectivity index (χ2v) is 9.12. The number of ketones is 1. The van der Waals surface area contributed by atoms with Crippen LogP contribution in [0.1, 0.15) is 29.3 Å². The SMILES string of the molecule is CCS(=O)(=O)Nc1cccc(C(=O)CC2(O)C(=O)Nc3cc(Br)ccc32)c1. The van der Waals surface area contributed by atoms with Crippen LogP contribution in [0.15, 0.2) is 46.9 Å². The molecule has 1 aliphatic rings. The third-order valence-corrected chi connectivity index (χ3v) is 6.11. The first-order valence-corrected chi connectivity index (χ1v) is 10.6. The highest BCUT2D eigenvalue weighted by molar-refractivity contribution is 9.10. The predicted octanol–water partition coefficient (Wildman–Crippen LogP) is 2.62. The molecule has 0 aliphatic carbocycles. The zero-order chi connectivity index (χ0) is 19.8. The molecule has 2 aromatic carbocycles. The van der Waals surface area contributed by atoms with Crippen LogP contribution in [0.3, 0.4) is 0 Å². The molecule has 1 amide bonds. The number of nitrogens with one attached hydrogen (secondary N) is 2. The van der Waals surface area contributed by atoms with Crippen molar-refractivity contribution < 1.29 is 23.1 Å². The summed E-state index contributed by atoms with van der Waals surface area (Å²) in [7, 11) is -3.48. The number of fused-ring (bicyclic) bond motifs is 1. The maximum absolute atomic E-state index is 12.7. The number of amides is 1. The average Bonchev–Trinajstić information content (AvgIpc) is 2.84. The molecule has 0 fully saturated rings. The number of anilines is 2. The molecular formula is C18H17BrN2O5S. The third-order valence-electron chi connectivity index (χ3n) is 4.31. The smallest absolute Gasteiger partial charge is 0.261 e. The molecule has 142 valence electrons. The Hall–Kier alpha value is -2.23. The minimum absolute atomic E-state index is 0.0998. The van der Waals surface area contributed by atoms with Crippen LogP contribution in [-0.2, 0) is 20.4 Å². The molecule has 7 nitrogen and oxygen atoms in total. The minimum Gasteiger partial charge on any atom is -0.375 e. The molecule has 9 heteroatoms. The summed E-state index contributed by atoms with van der Waals surface area (Å²) in [5.74, 6) is -1.26. The molecule has 3 N–H and O–H groups in total. The van der Waals surface area contributed by atoms with Crippen molar-refractivity contribution in [3.8, 4) is 0 Å². The van der Waals surface area contributed by atoms with Crippen molar-refractivity contribution in [3.05, 3.63) is 58.1 Å². The maximum Gasteiger partial charge on any atom is 0.261 e. The zero-order valence-corrected chi connectivity index (χ0v) is 16.7. The van der Waals surface area contributed by atoms with Crippen molar-refractivity contribution in [3.63, 3.8) is 0 Å². The maximum atomic E-state index is 12.7. The van der Waals surface area contributed by atoms with Crippen LogP contribution in [0.5, 0.6) is 0 Å². The molecule has 0 saturated heterocycles. The normalized spacial score (nSPS) is 18.7. The van der Waals surface area contributed by atoms with Crippen molar-refractivity contribution in [2.24, 2.45) is 0 Å². The van der Waals surface area contributed by atoms with Crippen LogP contribution in [0.25, 0.3) is 0 Å². The molecule has 0 bridgehead atoms. The van der Waals surface area contributed by atoms with Gasteiger partial charge in [0.05, 0.1) is 12.2 Å². The predicted molar refractivity (Wildman–Crippen MR) is 105 cm³/mol. The van der Waals surface area contributed by atoms with Crippen molar-refractivity contribution in [2.45, 2.75) is 18.9 Å². The molecule has 0 aromatic heterocycles. The van der Waals surface area contributed by atoms with Gasteiger partial charge in [-0.3, -0.25) is 14.3 Å². The number of benzene rings is 2. The Balaban J connectivity index is 1.87. The first-order chi connectivity index (χ1) is 12.6. The molecule has 0 saturated carbocycles. The van der Waals surface area contributed by atoms with E-state index in [-0.39, 0.29) is 17.0 Å². The molecule has 27 heavy (non-hydrogen) atoms. The summed E-state index contributed by atoms with van der Waals surface area (Å²) in [6.45, 7) is 1.50. The fraction of sp³-hybridized carbons (Fsp3) is 0.222. The lowest BCUT2D eigenvalue weighted by molar-refractivity contribution is -0.133. The van der Waals surface area contributed by atoms with Crippen molar-refractivity contribution >= 4 is 49.0 Å². The minimum atomic E-state index is -3.48. The van der Waals surface area contributed by atoms with E-state index in [9.17, 15) is 23.1 Å². The Labute approximate surface area is 165 Å². The molecule has 1 atom stereocenters. The highest BCUT2D eigenvalue weighted by Gasteiger charge is 2.46. The van der Waals surface area contributed by atoms with Crippen LogP contribution in [0.2, 0.25) is 0 Å². The topological polar surface area (TPSA) is 113 Å². The Morgan fingerprint density at radius 2 is 2.00 bits per heavy atom. The standard InChI is InChI=1S/C18H17BrN2O5S/c1-2-27(25,26)21-13-5-3-4-11(8-13)16(22)10-18(24)14-7-6-12(19)9-15(14)20-17(18)23/h3-9,21,24H,2,10H2,1H3,(H,20,23). The van der Waals surface area contributed by atoms with Gasteiger partial charge in [0.25, 0.3) is 5.91 Å². The van der Waals surface area contributed by atoms with E-state index in [1.165, 1.54) is 31.2 Å². The molecule has 3 rings (SSSR count). The van der Waals surface area contributed by atoms with Gasteiger partial charge < -0.3 is 10.4 Å². The van der Waals surface area contributed by atoms with E-state index >= 15 is 0 Å². The lowest BCUT2D eigenvalue weighted by Gasteiger charge is -2.20. The summed E-state index contributed by atoms with van der Waals surface area (Å²) in [5, 5.41) is 13.4. The van der Waals surface area contributed by atoms with Gasteiger partial charge in [-0.05, 0) is 31.2 Å². The molecule has 1 heterocycles. The third kappa shape index (κ3) is 3.90. The largest absolute Gasteiger partial charge is 0.375 e. The van der Waals surface area contributed by atoms with Gasteiger partial charge >= 0.3 is 0 Å². The van der Waals surface area contributed by atoms with Gasteiger partial charge in [0.1, 0.15) is 0 Å². The molecule has 0 spiro atoms. The van der Waals surface area contributed by atoms with E-state index < -0.39 is 33.7 Å². The average molecular weight is 453 g/mol. The van der Waals surface area contributed by atoms with Crippen LogP contribution in [0.4, 0.5) is 11.4 Å². The van der Waals surface area contributed by atoms with Gasteiger partial charge in [-0.2, -0.15) is 0 Å². The second-order valence-electron chi connectivity index (χ2n) is 6.19. The summed E-state index contributed by atoms with van der Waals surface area (Å²) >= 11 is 3.29. The number of hydrogen-bond donors (Lipinski definition) is 3. The number of carbonyl (C=O) groups is 2. The molecular weight excluding hydrogens is 436 g/mol. The van der Waals surface area contributed by atoms with Crippen LogP contribution in [-0.4, -0.2) is 31.0 Å². The number of aliphatic hydroxyl groups is 1. The summed E-state index contributed by atoms with van der Waals surface area (Å²) < 4.78 is 26.5. The van der Waals surface area contributed by atoms with E-state index in [0.717, 1.165) is 4.47 Å². The zero-order valence-electron chi connectivity index (χ0n) is 14.3. The van der Waals surface area contributed by atoms with Gasteiger partial charge in [-0.15, -0.1) is 0 Å². The number of hydrogen-bond acceptors (Lipinski definition) is 5. The van der Waals surface area contributed by atoms with E-state index in [0.29, 0.717) is 11.3 Å². The van der Waals surface area contributed by atoms with Crippen molar-refractivity contribution in [1.82, 2.24) is 0 Å². The highest BCUT2D eigenvalue weighted by Crippen LogP contribution is 2.40. The molecule has 0 radical (unpaired) electrons. The van der Waals surface area contributed by atoms with Gasteiger partial charge in [-0.25, -0.2) is 8.42 Å². The van der Waals surface area contributed by atoms with Gasteiger partial charge in [0.15, 0.2) is 11.4 Å². The van der Waals surface area contributed by atoms with Crippen LogP contribution < -0.4 is 10.0 Å². The fourth-order valence-electron chi connectivity index (χ4n) is 2.85. The number of sulfonamides is 1. The number of carbonyl (C=O) groups excluding carboxylic acids is 2. The lowest BCUT2D eigenvalue weighted by atomic mass is 9.88. The van der Waals surface area contributed by atoms with E-state index in [1.807, 2.05) is 0 Å². The van der Waals surface area contributed by atoms with Gasteiger partial charge in [-0.1, -0.05) is 34.1 Å². The second kappa shape index (κ2) is 7.06. The highest BCUT2D eigenvalue weighted by atomic mass is 79.9. The van der Waals surface area contributed by atoms with E-state index in [1.54, 1.807) is 18.2 Å². The molecule has 2 aromatic rings. The van der Waals surface area contributed by atoms with E-state index in [2.05, 4.69) is 26.0 Å². The van der Waals surface area contributed by atoms with Crippen LogP contribution >= 0.6 is 15.9 Å². The van der Waals surface area contributed by atoms with Crippen LogP contribution in [0, 0.1) is 0 Å². The summed E-state index contributed by atoms with van der Waals surface area (Å²) in [6.07, 6.45) is -0.461. The monoisotopic (exact) mass is 452 g/mol. The Kier molecular flexibility index (Phi) is 5.11. The van der Waals surface area contributed by atoms with E-state index in [4.69, 9.17) is 0 Å². The molecule has 1 unspecified atom stereocenters. The summed E-state index contributed by atoms with van der Waals surface area (Å²) in [4.78, 5) is 25.0. The fourth-order valence-corrected chi connectivity index (χ4v) is 3.84. The van der Waals surface area contributed by atoms with Crippen molar-refractivity contribution in [2.75, 3.05) is 15.8 Å². The number of halogens is 1. The van der Waals surface area contributed by atoms with Gasteiger partial charge in [0.2, 0.25) is 10.0 Å². The Morgan fingerprint density at radius 1 is 1.26 bits per heavy atom. The Morgan fingerprint density at radius 3 is 2.70 bits per heavy atom. The number of rotatable bonds is 6. The lowest BCUT2D eigenvalue weighted by Crippen LogP contribution is -2.36. The summed E-state index contributed by atoms with van der Waals surface area (Å²) in [6, 6.07) is 10.8. The quantitative estimate of drug-likeness (QED) is 0.583. The Bertz CT molecular complexity index is 1040. The first kappa shape index (κ1) is 19.5. The first-order valence-electron chi connectivity index (χ1n) is 8.12.